The molecule has 0 fully saturated rings. The molecule has 0 amide bonds. The number of aryl methyl sites for hydroxylation is 1. The Bertz CT molecular complexity index is 715. The van der Waals surface area contributed by atoms with Crippen molar-refractivity contribution in [2.24, 2.45) is 0 Å². The molecule has 3 rings (SSSR count). The van der Waals surface area contributed by atoms with E-state index in [0.717, 1.165) is 22.4 Å². The first kappa shape index (κ1) is 13.4. The average Bonchev–Trinajstić information content (AvgIpc) is 2.96. The van der Waals surface area contributed by atoms with Crippen molar-refractivity contribution in [1.29, 1.82) is 0 Å². The number of nitrogens with zero attached hydrogens (tertiary/aromatic N) is 1. The van der Waals surface area contributed by atoms with E-state index in [1.807, 2.05) is 43.3 Å². The first-order valence-corrected chi connectivity index (χ1v) is 6.82. The molecule has 0 atom stereocenters. The number of rotatable bonds is 4. The molecule has 2 N–H and O–H groups in total. The first-order chi connectivity index (χ1) is 10.3. The Morgan fingerprint density at radius 3 is 2.67 bits per heavy atom. The summed E-state index contributed by atoms with van der Waals surface area (Å²) in [6, 6.07) is 15.0. The summed E-state index contributed by atoms with van der Waals surface area (Å²) < 4.78 is 13.8. The van der Waals surface area contributed by atoms with Gasteiger partial charge in [-0.05, 0) is 24.1 Å². The van der Waals surface area contributed by atoms with Crippen LogP contribution in [0.2, 0.25) is 0 Å². The Hall–Kier alpha value is -2.62. The molecule has 3 nitrogen and oxygen atoms in total. The number of anilines is 1. The van der Waals surface area contributed by atoms with Crippen molar-refractivity contribution in [1.82, 2.24) is 10.2 Å². The standard InChI is InChI=1S/C17H16FN3/c1-12-6-5-9-15(18)16(12)19-10-14-11-20-21-17(14)13-7-3-2-4-8-13/h2-9,11,19H,10H2,1H3,(H,20,21). The fourth-order valence-electron chi connectivity index (χ4n) is 2.34. The van der Waals surface area contributed by atoms with Crippen LogP contribution < -0.4 is 5.32 Å². The van der Waals surface area contributed by atoms with Crippen LogP contribution in [-0.4, -0.2) is 10.2 Å². The van der Waals surface area contributed by atoms with Gasteiger partial charge in [-0.25, -0.2) is 4.39 Å². The first-order valence-electron chi connectivity index (χ1n) is 6.82. The molecule has 4 heteroatoms. The maximum absolute atomic E-state index is 13.8. The fraction of sp³-hybridized carbons (Fsp3) is 0.118. The van der Waals surface area contributed by atoms with Crippen LogP contribution >= 0.6 is 0 Å². The Balaban J connectivity index is 1.83. The number of hydrogen-bond donors (Lipinski definition) is 2. The van der Waals surface area contributed by atoms with Crippen LogP contribution in [0.15, 0.2) is 54.7 Å². The maximum Gasteiger partial charge on any atom is 0.146 e. The highest BCUT2D eigenvalue weighted by Gasteiger charge is 2.09. The van der Waals surface area contributed by atoms with Gasteiger partial charge in [-0.2, -0.15) is 5.10 Å². The van der Waals surface area contributed by atoms with Crippen LogP contribution in [0.1, 0.15) is 11.1 Å². The van der Waals surface area contributed by atoms with Gasteiger partial charge < -0.3 is 5.32 Å². The van der Waals surface area contributed by atoms with Crippen molar-refractivity contribution >= 4 is 5.69 Å². The third-order valence-corrected chi connectivity index (χ3v) is 3.46. The highest BCUT2D eigenvalue weighted by atomic mass is 19.1. The van der Waals surface area contributed by atoms with Crippen molar-refractivity contribution < 1.29 is 4.39 Å². The molecule has 0 aliphatic rings. The second-order valence-corrected chi connectivity index (χ2v) is 4.92. The van der Waals surface area contributed by atoms with Gasteiger partial charge in [0.15, 0.2) is 0 Å². The molecule has 0 spiro atoms. The van der Waals surface area contributed by atoms with E-state index in [-0.39, 0.29) is 5.82 Å². The minimum atomic E-state index is -0.236. The lowest BCUT2D eigenvalue weighted by Gasteiger charge is -2.10. The summed E-state index contributed by atoms with van der Waals surface area (Å²) in [6.45, 7) is 2.40. The second kappa shape index (κ2) is 5.79. The second-order valence-electron chi connectivity index (χ2n) is 4.92. The summed E-state index contributed by atoms with van der Waals surface area (Å²) >= 11 is 0. The molecule has 0 unspecified atom stereocenters. The third kappa shape index (κ3) is 2.79. The third-order valence-electron chi connectivity index (χ3n) is 3.46. The molecule has 1 aromatic heterocycles. The predicted octanol–water partition coefficient (Wildman–Crippen LogP) is 4.14. The number of halogens is 1. The number of H-pyrrole nitrogens is 1. The highest BCUT2D eigenvalue weighted by molar-refractivity contribution is 5.63. The molecule has 0 aliphatic heterocycles. The topological polar surface area (TPSA) is 40.7 Å². The van der Waals surface area contributed by atoms with Crippen molar-refractivity contribution in [2.45, 2.75) is 13.5 Å². The Kier molecular flexibility index (Phi) is 3.69. The van der Waals surface area contributed by atoms with Gasteiger partial charge in [0.1, 0.15) is 5.82 Å². The SMILES string of the molecule is Cc1cccc(F)c1NCc1cn[nH]c1-c1ccccc1. The van der Waals surface area contributed by atoms with Crippen LogP contribution in [0.5, 0.6) is 0 Å². The lowest BCUT2D eigenvalue weighted by Crippen LogP contribution is -2.03. The predicted molar refractivity (Wildman–Crippen MR) is 82.5 cm³/mol. The Morgan fingerprint density at radius 2 is 1.90 bits per heavy atom. The van der Waals surface area contributed by atoms with E-state index < -0.39 is 0 Å². The average molecular weight is 281 g/mol. The van der Waals surface area contributed by atoms with Gasteiger partial charge in [-0.1, -0.05) is 42.5 Å². The van der Waals surface area contributed by atoms with E-state index in [2.05, 4.69) is 15.5 Å². The minimum absolute atomic E-state index is 0.236. The van der Waals surface area contributed by atoms with Gasteiger partial charge in [0.05, 0.1) is 17.6 Å². The van der Waals surface area contributed by atoms with Crippen LogP contribution in [0.4, 0.5) is 10.1 Å². The lowest BCUT2D eigenvalue weighted by molar-refractivity contribution is 0.629. The largest absolute Gasteiger partial charge is 0.378 e. The Morgan fingerprint density at radius 1 is 1.10 bits per heavy atom. The minimum Gasteiger partial charge on any atom is -0.378 e. The van der Waals surface area contributed by atoms with E-state index in [0.29, 0.717) is 12.2 Å². The molecule has 3 aromatic rings. The number of aromatic nitrogens is 2. The van der Waals surface area contributed by atoms with Crippen molar-refractivity contribution in [3.05, 3.63) is 71.7 Å². The van der Waals surface area contributed by atoms with Gasteiger partial charge in [-0.3, -0.25) is 5.10 Å². The summed E-state index contributed by atoms with van der Waals surface area (Å²) in [7, 11) is 0. The number of aromatic amines is 1. The number of benzene rings is 2. The lowest BCUT2D eigenvalue weighted by atomic mass is 10.1. The molecule has 0 radical (unpaired) electrons. The van der Waals surface area contributed by atoms with Gasteiger partial charge in [-0.15, -0.1) is 0 Å². The molecule has 2 aromatic carbocycles. The molecule has 21 heavy (non-hydrogen) atoms. The fourth-order valence-corrected chi connectivity index (χ4v) is 2.34. The molecular weight excluding hydrogens is 265 g/mol. The van der Waals surface area contributed by atoms with Crippen LogP contribution in [0, 0.1) is 12.7 Å². The summed E-state index contributed by atoms with van der Waals surface area (Å²) in [5.41, 5.74) is 4.45. The van der Waals surface area contributed by atoms with Gasteiger partial charge >= 0.3 is 0 Å². The van der Waals surface area contributed by atoms with E-state index in [9.17, 15) is 4.39 Å². The molecule has 0 saturated heterocycles. The molecule has 106 valence electrons. The van der Waals surface area contributed by atoms with Gasteiger partial charge in [0.25, 0.3) is 0 Å². The molecule has 0 saturated carbocycles. The molecule has 0 aliphatic carbocycles. The summed E-state index contributed by atoms with van der Waals surface area (Å²) in [6.07, 6.45) is 1.77. The zero-order chi connectivity index (χ0) is 14.7. The number of nitrogens with one attached hydrogen (secondary N) is 2. The zero-order valence-electron chi connectivity index (χ0n) is 11.7. The number of hydrogen-bond acceptors (Lipinski definition) is 2. The van der Waals surface area contributed by atoms with E-state index in [1.165, 1.54) is 6.07 Å². The van der Waals surface area contributed by atoms with Crippen LogP contribution in [-0.2, 0) is 6.54 Å². The van der Waals surface area contributed by atoms with Crippen LogP contribution in [0.3, 0.4) is 0 Å². The van der Waals surface area contributed by atoms with E-state index >= 15 is 0 Å². The van der Waals surface area contributed by atoms with Crippen molar-refractivity contribution in [3.63, 3.8) is 0 Å². The quantitative estimate of drug-likeness (QED) is 0.754. The van der Waals surface area contributed by atoms with Gasteiger partial charge in [0, 0.05) is 12.1 Å². The molecule has 0 bridgehead atoms. The highest BCUT2D eigenvalue weighted by Crippen LogP contribution is 2.23. The van der Waals surface area contributed by atoms with Crippen molar-refractivity contribution in [3.8, 4) is 11.3 Å². The van der Waals surface area contributed by atoms with E-state index in [4.69, 9.17) is 0 Å². The summed E-state index contributed by atoms with van der Waals surface area (Å²) in [4.78, 5) is 0. The normalized spacial score (nSPS) is 10.6. The summed E-state index contributed by atoms with van der Waals surface area (Å²) in [5.74, 6) is -0.236. The molecule has 1 heterocycles. The van der Waals surface area contributed by atoms with Gasteiger partial charge in [0.2, 0.25) is 0 Å². The Labute approximate surface area is 122 Å². The van der Waals surface area contributed by atoms with E-state index in [1.54, 1.807) is 12.3 Å². The summed E-state index contributed by atoms with van der Waals surface area (Å²) in [5, 5.41) is 10.3. The number of para-hydroxylation sites is 1. The van der Waals surface area contributed by atoms with Crippen molar-refractivity contribution in [2.75, 3.05) is 5.32 Å². The maximum atomic E-state index is 13.8. The smallest absolute Gasteiger partial charge is 0.146 e. The monoisotopic (exact) mass is 281 g/mol. The molecular formula is C17H16FN3. The van der Waals surface area contributed by atoms with Crippen LogP contribution in [0.25, 0.3) is 11.3 Å². The zero-order valence-corrected chi connectivity index (χ0v) is 11.7.